The molecule has 0 aliphatic carbocycles. The number of ketones is 1. The van der Waals surface area contributed by atoms with Gasteiger partial charge in [0.05, 0.1) is 5.38 Å². The lowest BCUT2D eigenvalue weighted by Gasteiger charge is -2.01. The zero-order valence-electron chi connectivity index (χ0n) is 6.26. The third-order valence-corrected chi connectivity index (χ3v) is 1.59. The second-order valence-corrected chi connectivity index (χ2v) is 2.87. The zero-order valence-corrected chi connectivity index (χ0v) is 7.01. The largest absolute Gasteiger partial charge is 0.293 e. The van der Waals surface area contributed by atoms with Crippen LogP contribution in [0.2, 0.25) is 0 Å². The number of hydrogen-bond donors (Lipinski definition) is 0. The van der Waals surface area contributed by atoms with Crippen molar-refractivity contribution in [3.8, 4) is 0 Å². The first kappa shape index (κ1) is 9.20. The molecule has 3 heteroatoms. The number of alkyl halides is 1. The van der Waals surface area contributed by atoms with Crippen LogP contribution in [-0.4, -0.2) is 11.2 Å². The van der Waals surface area contributed by atoms with Crippen LogP contribution in [0.25, 0.3) is 0 Å². The molecule has 0 aliphatic rings. The Hall–Kier alpha value is -0.890. The summed E-state index contributed by atoms with van der Waals surface area (Å²) in [5.74, 6) is -0.811. The van der Waals surface area contributed by atoms with Gasteiger partial charge < -0.3 is 0 Å². The van der Waals surface area contributed by atoms with Gasteiger partial charge in [-0.2, -0.15) is 0 Å². The molecule has 0 bridgehead atoms. The predicted molar refractivity (Wildman–Crippen MR) is 45.7 cm³/mol. The van der Waals surface area contributed by atoms with E-state index in [0.717, 1.165) is 6.07 Å². The van der Waals surface area contributed by atoms with E-state index < -0.39 is 11.2 Å². The summed E-state index contributed by atoms with van der Waals surface area (Å²) in [6.07, 6.45) is 0. The third kappa shape index (κ3) is 2.05. The summed E-state index contributed by atoms with van der Waals surface area (Å²) < 4.78 is 12.6. The summed E-state index contributed by atoms with van der Waals surface area (Å²) in [5, 5.41) is -0.855. The lowest BCUT2D eigenvalue weighted by atomic mass is 10.1. The van der Waals surface area contributed by atoms with Crippen molar-refractivity contribution in [1.29, 1.82) is 0 Å². The molecule has 1 aromatic rings. The molecule has 1 nitrogen and oxygen atoms in total. The third-order valence-electron chi connectivity index (χ3n) is 1.39. The Balaban J connectivity index is 2.96. The molecule has 0 aliphatic heterocycles. The maximum Gasteiger partial charge on any atom is 0.180 e. The first-order chi connectivity index (χ1) is 5.61. The Labute approximate surface area is 75.2 Å². The first-order valence-electron chi connectivity index (χ1n) is 3.38. The molecule has 0 N–H and O–H groups in total. The van der Waals surface area contributed by atoms with Gasteiger partial charge in [-0.05, 0) is 19.1 Å². The average Bonchev–Trinajstić information content (AvgIpc) is 2.03. The van der Waals surface area contributed by atoms with Gasteiger partial charge in [-0.1, -0.05) is 12.1 Å². The van der Waals surface area contributed by atoms with Crippen LogP contribution in [0.1, 0.15) is 10.4 Å². The maximum absolute atomic E-state index is 12.6. The van der Waals surface area contributed by atoms with Crippen molar-refractivity contribution in [3.05, 3.63) is 42.6 Å². The highest BCUT2D eigenvalue weighted by Crippen LogP contribution is 2.09. The van der Waals surface area contributed by atoms with Gasteiger partial charge >= 0.3 is 0 Å². The van der Waals surface area contributed by atoms with E-state index in [-0.39, 0.29) is 11.3 Å². The van der Waals surface area contributed by atoms with Gasteiger partial charge in [-0.3, -0.25) is 4.79 Å². The minimum atomic E-state index is -0.855. The highest BCUT2D eigenvalue weighted by molar-refractivity contribution is 6.34. The molecule has 0 spiro atoms. The van der Waals surface area contributed by atoms with Crippen molar-refractivity contribution in [1.82, 2.24) is 0 Å². The van der Waals surface area contributed by atoms with Gasteiger partial charge in [0.2, 0.25) is 0 Å². The SMILES string of the molecule is [CH2]C(Cl)C(=O)c1cccc(F)c1. The summed E-state index contributed by atoms with van der Waals surface area (Å²) in [6, 6.07) is 5.37. The van der Waals surface area contributed by atoms with Crippen molar-refractivity contribution in [2.24, 2.45) is 0 Å². The molecule has 0 amide bonds. The monoisotopic (exact) mass is 185 g/mol. The molecule has 0 heterocycles. The van der Waals surface area contributed by atoms with Gasteiger partial charge in [0.1, 0.15) is 5.82 Å². The number of Topliss-reactive ketones (excluding diaryl/α,β-unsaturated/α-hetero) is 1. The van der Waals surface area contributed by atoms with Gasteiger partial charge in [0, 0.05) is 5.56 Å². The molecular formula is C9H7ClFO. The summed E-state index contributed by atoms with van der Waals surface area (Å²) in [5.41, 5.74) is 0.255. The number of carbonyl (C=O) groups excluding carboxylic acids is 1. The van der Waals surface area contributed by atoms with E-state index in [0.29, 0.717) is 0 Å². The van der Waals surface area contributed by atoms with Crippen molar-refractivity contribution < 1.29 is 9.18 Å². The fraction of sp³-hybridized carbons (Fsp3) is 0.111. The van der Waals surface area contributed by atoms with Gasteiger partial charge in [-0.25, -0.2) is 4.39 Å². The van der Waals surface area contributed by atoms with Gasteiger partial charge in [0.15, 0.2) is 5.78 Å². The van der Waals surface area contributed by atoms with Crippen LogP contribution in [0.3, 0.4) is 0 Å². The van der Waals surface area contributed by atoms with Crippen LogP contribution in [0.4, 0.5) is 4.39 Å². The van der Waals surface area contributed by atoms with E-state index in [9.17, 15) is 9.18 Å². The van der Waals surface area contributed by atoms with E-state index in [4.69, 9.17) is 11.6 Å². The number of carbonyl (C=O) groups is 1. The molecule has 63 valence electrons. The van der Waals surface area contributed by atoms with E-state index in [1.807, 2.05) is 0 Å². The van der Waals surface area contributed by atoms with Crippen molar-refractivity contribution >= 4 is 17.4 Å². The standard InChI is InChI=1S/C9H7ClFO/c1-6(10)9(12)7-3-2-4-8(11)5-7/h2-6H,1H2. The number of halogens is 2. The predicted octanol–water partition coefficient (Wildman–Crippen LogP) is 2.45. The van der Waals surface area contributed by atoms with Gasteiger partial charge in [-0.15, -0.1) is 11.6 Å². The van der Waals surface area contributed by atoms with E-state index in [2.05, 4.69) is 6.92 Å². The van der Waals surface area contributed by atoms with Crippen LogP contribution in [0.15, 0.2) is 24.3 Å². The highest BCUT2D eigenvalue weighted by Gasteiger charge is 2.11. The lowest BCUT2D eigenvalue weighted by molar-refractivity contribution is 0.0998. The van der Waals surface area contributed by atoms with E-state index in [1.165, 1.54) is 18.2 Å². The molecule has 1 aromatic carbocycles. The minimum Gasteiger partial charge on any atom is -0.293 e. The highest BCUT2D eigenvalue weighted by atomic mass is 35.5. The van der Waals surface area contributed by atoms with E-state index >= 15 is 0 Å². The Morgan fingerprint density at radius 3 is 2.75 bits per heavy atom. The normalized spacial score (nSPS) is 12.6. The number of benzene rings is 1. The van der Waals surface area contributed by atoms with Crippen molar-refractivity contribution in [3.63, 3.8) is 0 Å². The molecule has 12 heavy (non-hydrogen) atoms. The number of hydrogen-bond acceptors (Lipinski definition) is 1. The molecule has 0 fully saturated rings. The Morgan fingerprint density at radius 2 is 2.25 bits per heavy atom. The zero-order chi connectivity index (χ0) is 9.14. The fourth-order valence-corrected chi connectivity index (χ4v) is 0.949. The lowest BCUT2D eigenvalue weighted by Crippen LogP contribution is -2.10. The van der Waals surface area contributed by atoms with Crippen molar-refractivity contribution in [2.75, 3.05) is 0 Å². The topological polar surface area (TPSA) is 17.1 Å². The molecule has 0 aromatic heterocycles. The smallest absolute Gasteiger partial charge is 0.180 e. The average molecular weight is 186 g/mol. The molecule has 1 rings (SSSR count). The summed E-state index contributed by atoms with van der Waals surface area (Å²) in [7, 11) is 0. The van der Waals surface area contributed by atoms with Crippen LogP contribution >= 0.6 is 11.6 Å². The van der Waals surface area contributed by atoms with Crippen LogP contribution in [-0.2, 0) is 0 Å². The van der Waals surface area contributed by atoms with Crippen LogP contribution in [0, 0.1) is 12.7 Å². The Kier molecular flexibility index (Phi) is 2.82. The summed E-state index contributed by atoms with van der Waals surface area (Å²) in [4.78, 5) is 11.1. The molecule has 0 saturated heterocycles. The Morgan fingerprint density at radius 1 is 1.58 bits per heavy atom. The second-order valence-electron chi connectivity index (χ2n) is 2.34. The number of rotatable bonds is 2. The second kappa shape index (κ2) is 3.68. The molecule has 1 radical (unpaired) electrons. The van der Waals surface area contributed by atoms with Crippen LogP contribution < -0.4 is 0 Å². The fourth-order valence-electron chi connectivity index (χ4n) is 0.823. The summed E-state index contributed by atoms with van der Waals surface area (Å²) >= 11 is 5.43. The van der Waals surface area contributed by atoms with Gasteiger partial charge in [0.25, 0.3) is 0 Å². The van der Waals surface area contributed by atoms with Crippen molar-refractivity contribution in [2.45, 2.75) is 5.38 Å². The maximum atomic E-state index is 12.6. The summed E-state index contributed by atoms with van der Waals surface area (Å²) in [6.45, 7) is 3.34. The minimum absolute atomic E-state index is 0.255. The molecule has 1 atom stereocenters. The van der Waals surface area contributed by atoms with Crippen LogP contribution in [0.5, 0.6) is 0 Å². The van der Waals surface area contributed by atoms with E-state index in [1.54, 1.807) is 0 Å². The molecular weight excluding hydrogens is 179 g/mol. The Bertz CT molecular complexity index is 296. The molecule has 0 saturated carbocycles. The first-order valence-corrected chi connectivity index (χ1v) is 3.82. The quantitative estimate of drug-likeness (QED) is 0.511. The molecule has 1 unspecified atom stereocenters.